The molecular formula is C36H29ClN2O3. The van der Waals surface area contributed by atoms with E-state index in [1.807, 2.05) is 95.9 Å². The molecule has 42 heavy (non-hydrogen) atoms. The average Bonchev–Trinajstić information content (AvgIpc) is 3.49. The third-order valence-electron chi connectivity index (χ3n) is 8.98. The minimum atomic E-state index is -1.33. The van der Waals surface area contributed by atoms with Crippen molar-refractivity contribution in [3.05, 3.63) is 136 Å². The Hall–Kier alpha value is -4.48. The van der Waals surface area contributed by atoms with E-state index in [2.05, 4.69) is 12.2 Å². The number of hydrogen-bond acceptors (Lipinski definition) is 4. The van der Waals surface area contributed by atoms with Crippen molar-refractivity contribution >= 4 is 46.5 Å². The number of halogens is 1. The summed E-state index contributed by atoms with van der Waals surface area (Å²) in [4.78, 5) is 45.9. The number of fused-ring (bicyclic) bond motifs is 6. The van der Waals surface area contributed by atoms with E-state index in [0.29, 0.717) is 21.8 Å². The van der Waals surface area contributed by atoms with Gasteiger partial charge < -0.3 is 10.2 Å². The summed E-state index contributed by atoms with van der Waals surface area (Å²) in [6.45, 7) is 2.12. The van der Waals surface area contributed by atoms with E-state index in [0.717, 1.165) is 35.2 Å². The van der Waals surface area contributed by atoms with Crippen LogP contribution < -0.4 is 10.2 Å². The first-order valence-corrected chi connectivity index (χ1v) is 14.7. The highest BCUT2D eigenvalue weighted by Gasteiger charge is 2.70. The second-order valence-corrected chi connectivity index (χ2v) is 11.7. The number of amides is 1. The van der Waals surface area contributed by atoms with Gasteiger partial charge in [-0.15, -0.1) is 0 Å². The predicted molar refractivity (Wildman–Crippen MR) is 166 cm³/mol. The van der Waals surface area contributed by atoms with Gasteiger partial charge in [-0.3, -0.25) is 14.4 Å². The number of Topliss-reactive ketones (excluding diaryl/α,β-unsaturated/α-hetero) is 2. The van der Waals surface area contributed by atoms with Crippen LogP contribution in [0.4, 0.5) is 11.4 Å². The van der Waals surface area contributed by atoms with Gasteiger partial charge in [0.15, 0.2) is 11.6 Å². The van der Waals surface area contributed by atoms with E-state index in [9.17, 15) is 14.4 Å². The van der Waals surface area contributed by atoms with Gasteiger partial charge in [0.25, 0.3) is 0 Å². The average molecular weight is 573 g/mol. The Balaban J connectivity index is 1.50. The van der Waals surface area contributed by atoms with Crippen LogP contribution in [0.15, 0.2) is 103 Å². The fourth-order valence-electron chi connectivity index (χ4n) is 7.23. The lowest BCUT2D eigenvalue weighted by Gasteiger charge is -2.37. The Morgan fingerprint density at radius 3 is 2.36 bits per heavy atom. The number of anilines is 2. The van der Waals surface area contributed by atoms with Crippen LogP contribution in [0.2, 0.25) is 5.02 Å². The lowest BCUT2D eigenvalue weighted by atomic mass is 9.64. The van der Waals surface area contributed by atoms with E-state index in [1.54, 1.807) is 18.2 Å². The molecule has 4 atom stereocenters. The zero-order chi connectivity index (χ0) is 29.0. The summed E-state index contributed by atoms with van der Waals surface area (Å²) < 4.78 is 0. The Kier molecular flexibility index (Phi) is 6.36. The summed E-state index contributed by atoms with van der Waals surface area (Å²) in [7, 11) is 0. The molecule has 0 bridgehead atoms. The quantitative estimate of drug-likeness (QED) is 0.249. The molecule has 208 valence electrons. The van der Waals surface area contributed by atoms with Gasteiger partial charge in [0.2, 0.25) is 5.91 Å². The van der Waals surface area contributed by atoms with E-state index in [1.165, 1.54) is 0 Å². The molecule has 3 aliphatic rings. The van der Waals surface area contributed by atoms with Gasteiger partial charge in [0.05, 0.1) is 12.0 Å². The lowest BCUT2D eigenvalue weighted by Crippen LogP contribution is -2.51. The van der Waals surface area contributed by atoms with Crippen LogP contribution in [-0.4, -0.2) is 29.6 Å². The number of benzene rings is 4. The number of rotatable bonds is 6. The largest absolute Gasteiger partial charge is 0.352 e. The van der Waals surface area contributed by atoms with E-state index in [4.69, 9.17) is 11.6 Å². The highest BCUT2D eigenvalue weighted by molar-refractivity contribution is 6.31. The summed E-state index contributed by atoms with van der Waals surface area (Å²) in [6, 6.07) is 28.2. The van der Waals surface area contributed by atoms with Crippen LogP contribution in [-0.2, 0) is 16.6 Å². The molecule has 0 radical (unpaired) electrons. The Morgan fingerprint density at radius 1 is 0.881 bits per heavy atom. The molecule has 0 aromatic heterocycles. The zero-order valence-electron chi connectivity index (χ0n) is 23.1. The van der Waals surface area contributed by atoms with Gasteiger partial charge in [-0.2, -0.15) is 0 Å². The number of para-hydroxylation sites is 1. The van der Waals surface area contributed by atoms with Crippen LogP contribution in [0.3, 0.4) is 0 Å². The molecule has 6 heteroatoms. The monoisotopic (exact) mass is 572 g/mol. The van der Waals surface area contributed by atoms with Crippen LogP contribution in [0.25, 0.3) is 6.08 Å². The standard InChI is InChI=1S/C36H29ClN2O3/c1-2-8-22-13-15-24(16-14-22)33(40)31-32(34(41)23-9-4-3-5-10-23)39-29-19-18-26(37)21-25(29)17-20-30(39)36(31)27-11-6-7-12-28(27)38-35(36)42/h3-7,9-21,30-32H,2,8H2,1H3,(H,38,42)/t30-,31-,32-,36+/m1/s1. The van der Waals surface area contributed by atoms with Crippen molar-refractivity contribution in [2.75, 3.05) is 10.2 Å². The smallest absolute Gasteiger partial charge is 0.238 e. The molecule has 1 spiro atoms. The number of carbonyl (C=O) groups excluding carboxylic acids is 3. The molecule has 7 rings (SSSR count). The summed E-state index contributed by atoms with van der Waals surface area (Å²) in [6.07, 6.45) is 5.82. The van der Waals surface area contributed by atoms with Crippen molar-refractivity contribution in [3.63, 3.8) is 0 Å². The lowest BCUT2D eigenvalue weighted by molar-refractivity contribution is -0.121. The van der Waals surface area contributed by atoms with E-state index < -0.39 is 23.4 Å². The van der Waals surface area contributed by atoms with Crippen molar-refractivity contribution in [2.45, 2.75) is 37.3 Å². The van der Waals surface area contributed by atoms with Crippen molar-refractivity contribution in [2.24, 2.45) is 5.92 Å². The molecular weight excluding hydrogens is 544 g/mol. The summed E-state index contributed by atoms with van der Waals surface area (Å²) >= 11 is 6.38. The number of aryl methyl sites for hydroxylation is 1. The van der Waals surface area contributed by atoms with Crippen LogP contribution >= 0.6 is 11.6 Å². The van der Waals surface area contributed by atoms with Crippen molar-refractivity contribution in [3.8, 4) is 0 Å². The highest BCUT2D eigenvalue weighted by atomic mass is 35.5. The third-order valence-corrected chi connectivity index (χ3v) is 9.22. The van der Waals surface area contributed by atoms with Crippen molar-refractivity contribution < 1.29 is 14.4 Å². The summed E-state index contributed by atoms with van der Waals surface area (Å²) in [5, 5.41) is 3.64. The van der Waals surface area contributed by atoms with Gasteiger partial charge in [-0.05, 0) is 47.4 Å². The molecule has 1 N–H and O–H groups in total. The second kappa shape index (κ2) is 10.1. The number of nitrogens with zero attached hydrogens (tertiary/aromatic N) is 1. The molecule has 0 aliphatic carbocycles. The zero-order valence-corrected chi connectivity index (χ0v) is 23.8. The normalized spacial score (nSPS) is 23.3. The molecule has 4 aromatic rings. The minimum absolute atomic E-state index is 0.202. The first kappa shape index (κ1) is 26.4. The maximum absolute atomic E-state index is 14.9. The molecule has 1 fully saturated rings. The van der Waals surface area contributed by atoms with E-state index in [-0.39, 0.29) is 17.5 Å². The summed E-state index contributed by atoms with van der Waals surface area (Å²) in [5.74, 6) is -1.70. The van der Waals surface area contributed by atoms with E-state index >= 15 is 0 Å². The molecule has 0 saturated carbocycles. The van der Waals surface area contributed by atoms with Crippen LogP contribution in [0.5, 0.6) is 0 Å². The maximum atomic E-state index is 14.9. The molecule has 5 nitrogen and oxygen atoms in total. The molecule has 1 saturated heterocycles. The number of ketones is 2. The molecule has 0 unspecified atom stereocenters. The number of hydrogen-bond donors (Lipinski definition) is 1. The third kappa shape index (κ3) is 3.80. The molecule has 4 aromatic carbocycles. The molecule has 1 amide bonds. The number of nitrogens with one attached hydrogen (secondary N) is 1. The minimum Gasteiger partial charge on any atom is -0.352 e. The highest BCUT2D eigenvalue weighted by Crippen LogP contribution is 2.58. The fourth-order valence-corrected chi connectivity index (χ4v) is 7.41. The topological polar surface area (TPSA) is 66.5 Å². The first-order valence-electron chi connectivity index (χ1n) is 14.3. The van der Waals surface area contributed by atoms with Gasteiger partial charge >= 0.3 is 0 Å². The van der Waals surface area contributed by atoms with Crippen LogP contribution in [0.1, 0.15) is 50.8 Å². The first-order chi connectivity index (χ1) is 20.4. The Morgan fingerprint density at radius 2 is 1.60 bits per heavy atom. The van der Waals surface area contributed by atoms with Crippen LogP contribution in [0, 0.1) is 5.92 Å². The maximum Gasteiger partial charge on any atom is 0.238 e. The Labute approximate surface area is 249 Å². The van der Waals surface area contributed by atoms with Gasteiger partial charge in [-0.25, -0.2) is 0 Å². The van der Waals surface area contributed by atoms with Crippen molar-refractivity contribution in [1.29, 1.82) is 0 Å². The molecule has 3 aliphatic heterocycles. The Bertz CT molecular complexity index is 1760. The second-order valence-electron chi connectivity index (χ2n) is 11.2. The summed E-state index contributed by atoms with van der Waals surface area (Å²) in [5.41, 5.74) is 3.79. The molecule has 3 heterocycles. The van der Waals surface area contributed by atoms with Gasteiger partial charge in [0.1, 0.15) is 11.5 Å². The predicted octanol–water partition coefficient (Wildman–Crippen LogP) is 7.15. The van der Waals surface area contributed by atoms with Crippen molar-refractivity contribution in [1.82, 2.24) is 0 Å². The van der Waals surface area contributed by atoms with Gasteiger partial charge in [0, 0.05) is 27.5 Å². The fraction of sp³-hybridized carbons (Fsp3) is 0.194. The SMILES string of the molecule is CCCc1ccc(C(=O)[C@H]2[C@H](C(=O)c3ccccc3)N3c4ccc(Cl)cc4C=C[C@@H]3[C@]23C(=O)Nc2ccccc23)cc1. The van der Waals surface area contributed by atoms with Gasteiger partial charge in [-0.1, -0.05) is 110 Å². The number of carbonyl (C=O) groups is 3.